The number of anilines is 1. The van der Waals surface area contributed by atoms with E-state index in [1.165, 1.54) is 30.6 Å². The summed E-state index contributed by atoms with van der Waals surface area (Å²) in [5, 5.41) is 0.858. The van der Waals surface area contributed by atoms with Gasteiger partial charge in [-0.05, 0) is 42.5 Å². The first-order valence-corrected chi connectivity index (χ1v) is 12.2. The minimum Gasteiger partial charge on any atom is -0.280 e. The number of sulfone groups is 1. The zero-order valence-corrected chi connectivity index (χ0v) is 17.5. The van der Waals surface area contributed by atoms with Gasteiger partial charge in [-0.2, -0.15) is 0 Å². The highest BCUT2D eigenvalue weighted by Gasteiger charge is 2.16. The van der Waals surface area contributed by atoms with Crippen LogP contribution in [0.25, 0.3) is 22.2 Å². The molecule has 0 aliphatic heterocycles. The normalized spacial score (nSPS) is 12.0. The van der Waals surface area contributed by atoms with E-state index in [1.54, 1.807) is 18.2 Å². The Kier molecular flexibility index (Phi) is 5.00. The van der Waals surface area contributed by atoms with Crippen molar-refractivity contribution >= 4 is 36.5 Å². The molecule has 4 rings (SSSR count). The van der Waals surface area contributed by atoms with Gasteiger partial charge in [0.2, 0.25) is 0 Å². The molecule has 1 heterocycles. The second-order valence-electron chi connectivity index (χ2n) is 6.67. The van der Waals surface area contributed by atoms with E-state index in [0.29, 0.717) is 11.4 Å². The topological polar surface area (TPSA) is 106 Å². The van der Waals surface area contributed by atoms with Gasteiger partial charge in [0.05, 0.1) is 21.0 Å². The van der Waals surface area contributed by atoms with E-state index in [1.807, 2.05) is 30.3 Å². The van der Waals surface area contributed by atoms with Gasteiger partial charge in [0.25, 0.3) is 10.0 Å². The smallest absolute Gasteiger partial charge is 0.261 e. The van der Waals surface area contributed by atoms with Gasteiger partial charge < -0.3 is 0 Å². The first-order valence-electron chi connectivity index (χ1n) is 8.87. The quantitative estimate of drug-likeness (QED) is 0.510. The molecular formula is C21H17N3O4S2. The molecule has 0 saturated carbocycles. The van der Waals surface area contributed by atoms with Gasteiger partial charge in [0.15, 0.2) is 9.84 Å². The summed E-state index contributed by atoms with van der Waals surface area (Å²) in [6, 6.07) is 19.5. The van der Waals surface area contributed by atoms with Crippen LogP contribution < -0.4 is 4.72 Å². The van der Waals surface area contributed by atoms with Crippen LogP contribution in [-0.4, -0.2) is 33.1 Å². The summed E-state index contributed by atoms with van der Waals surface area (Å²) < 4.78 is 51.2. The molecular weight excluding hydrogens is 422 g/mol. The molecule has 0 aliphatic rings. The number of aromatic nitrogens is 2. The van der Waals surface area contributed by atoms with Gasteiger partial charge in [0.1, 0.15) is 6.33 Å². The minimum atomic E-state index is -3.89. The zero-order chi connectivity index (χ0) is 21.4. The molecule has 30 heavy (non-hydrogen) atoms. The number of sulfonamides is 1. The lowest BCUT2D eigenvalue weighted by Gasteiger charge is -2.11. The number of hydrogen-bond acceptors (Lipinski definition) is 6. The second-order valence-corrected chi connectivity index (χ2v) is 10.4. The van der Waals surface area contributed by atoms with Gasteiger partial charge >= 0.3 is 0 Å². The fourth-order valence-corrected chi connectivity index (χ4v) is 4.72. The number of nitrogens with one attached hydrogen (secondary N) is 1. The van der Waals surface area contributed by atoms with Crippen LogP contribution in [0.5, 0.6) is 0 Å². The van der Waals surface area contributed by atoms with Crippen LogP contribution in [-0.2, 0) is 19.9 Å². The summed E-state index contributed by atoms with van der Waals surface area (Å²) in [5.41, 5.74) is 2.59. The SMILES string of the molecule is CS(=O)(=O)c1ccc(S(=O)(=O)Nc2cccc(-c3ncnc4ccccc34)c2)cc1. The third-order valence-electron chi connectivity index (χ3n) is 4.49. The second kappa shape index (κ2) is 7.51. The Balaban J connectivity index is 1.67. The van der Waals surface area contributed by atoms with Gasteiger partial charge in [0, 0.05) is 22.9 Å². The third-order valence-corrected chi connectivity index (χ3v) is 7.02. The molecule has 0 saturated heterocycles. The third kappa shape index (κ3) is 4.03. The van der Waals surface area contributed by atoms with Crippen LogP contribution in [0, 0.1) is 0 Å². The summed E-state index contributed by atoms with van der Waals surface area (Å²) in [4.78, 5) is 8.63. The molecule has 0 fully saturated rings. The molecule has 0 atom stereocenters. The number of rotatable bonds is 5. The van der Waals surface area contributed by atoms with Crippen LogP contribution in [0.3, 0.4) is 0 Å². The molecule has 7 nitrogen and oxygen atoms in total. The molecule has 0 amide bonds. The molecule has 1 aromatic heterocycles. The van der Waals surface area contributed by atoms with E-state index in [9.17, 15) is 16.8 Å². The van der Waals surface area contributed by atoms with Crippen LogP contribution in [0.2, 0.25) is 0 Å². The average molecular weight is 440 g/mol. The molecule has 0 unspecified atom stereocenters. The van der Waals surface area contributed by atoms with Gasteiger partial charge in [-0.15, -0.1) is 0 Å². The van der Waals surface area contributed by atoms with Crippen LogP contribution in [0.4, 0.5) is 5.69 Å². The first kappa shape index (κ1) is 20.0. The molecule has 0 radical (unpaired) electrons. The highest BCUT2D eigenvalue weighted by molar-refractivity contribution is 7.92. The van der Waals surface area contributed by atoms with Gasteiger partial charge in [-0.1, -0.05) is 30.3 Å². The lowest BCUT2D eigenvalue weighted by Crippen LogP contribution is -2.13. The van der Waals surface area contributed by atoms with Crippen molar-refractivity contribution in [2.75, 3.05) is 11.0 Å². The number of para-hydroxylation sites is 1. The fourth-order valence-electron chi connectivity index (χ4n) is 3.04. The molecule has 0 aliphatic carbocycles. The average Bonchev–Trinajstić information content (AvgIpc) is 2.73. The van der Waals surface area contributed by atoms with Crippen LogP contribution in [0.1, 0.15) is 0 Å². The Bertz CT molecular complexity index is 1440. The molecule has 1 N–H and O–H groups in total. The predicted molar refractivity (Wildman–Crippen MR) is 115 cm³/mol. The van der Waals surface area contributed by atoms with E-state index in [2.05, 4.69) is 14.7 Å². The predicted octanol–water partition coefficient (Wildman–Crippen LogP) is 3.50. The Hall–Kier alpha value is -3.30. The summed E-state index contributed by atoms with van der Waals surface area (Å²) in [6.07, 6.45) is 2.54. The number of benzene rings is 3. The standard InChI is InChI=1S/C21H17N3O4S2/c1-29(25,26)17-9-11-18(12-10-17)30(27,28)24-16-6-4-5-15(13-16)21-19-7-2-3-8-20(19)22-14-23-21/h2-14,24H,1H3. The maximum atomic E-state index is 12.7. The Morgan fingerprint density at radius 3 is 2.20 bits per heavy atom. The Morgan fingerprint density at radius 1 is 0.767 bits per heavy atom. The lowest BCUT2D eigenvalue weighted by atomic mass is 10.1. The fraction of sp³-hybridized carbons (Fsp3) is 0.0476. The van der Waals surface area contributed by atoms with E-state index >= 15 is 0 Å². The molecule has 4 aromatic rings. The first-order chi connectivity index (χ1) is 14.2. The molecule has 152 valence electrons. The summed E-state index contributed by atoms with van der Waals surface area (Å²) >= 11 is 0. The molecule has 0 bridgehead atoms. The number of fused-ring (bicyclic) bond motifs is 1. The van der Waals surface area contributed by atoms with Crippen molar-refractivity contribution in [1.82, 2.24) is 9.97 Å². The number of nitrogens with zero attached hydrogens (tertiary/aromatic N) is 2. The Morgan fingerprint density at radius 2 is 1.47 bits per heavy atom. The molecule has 3 aromatic carbocycles. The summed E-state index contributed by atoms with van der Waals surface area (Å²) in [6.45, 7) is 0. The van der Waals surface area contributed by atoms with Crippen LogP contribution in [0.15, 0.2) is 88.9 Å². The highest BCUT2D eigenvalue weighted by atomic mass is 32.2. The lowest BCUT2D eigenvalue weighted by molar-refractivity contribution is 0.597. The van der Waals surface area contributed by atoms with E-state index in [0.717, 1.165) is 22.7 Å². The van der Waals surface area contributed by atoms with E-state index in [-0.39, 0.29) is 9.79 Å². The van der Waals surface area contributed by atoms with Crippen molar-refractivity contribution in [3.05, 3.63) is 79.1 Å². The zero-order valence-electron chi connectivity index (χ0n) is 15.8. The largest absolute Gasteiger partial charge is 0.280 e. The van der Waals surface area contributed by atoms with Gasteiger partial charge in [-0.3, -0.25) is 4.72 Å². The highest BCUT2D eigenvalue weighted by Crippen LogP contribution is 2.28. The van der Waals surface area contributed by atoms with Crippen molar-refractivity contribution in [1.29, 1.82) is 0 Å². The minimum absolute atomic E-state index is 0.0345. The summed E-state index contributed by atoms with van der Waals surface area (Å²) in [5.74, 6) is 0. The van der Waals surface area contributed by atoms with Crippen molar-refractivity contribution < 1.29 is 16.8 Å². The summed E-state index contributed by atoms with van der Waals surface area (Å²) in [7, 11) is -7.30. The van der Waals surface area contributed by atoms with Crippen molar-refractivity contribution in [2.24, 2.45) is 0 Å². The monoisotopic (exact) mass is 439 g/mol. The number of hydrogen-bond donors (Lipinski definition) is 1. The van der Waals surface area contributed by atoms with E-state index < -0.39 is 19.9 Å². The maximum Gasteiger partial charge on any atom is 0.261 e. The van der Waals surface area contributed by atoms with E-state index in [4.69, 9.17) is 0 Å². The molecule has 9 heteroatoms. The Labute approximate surface area is 174 Å². The molecule has 0 spiro atoms. The van der Waals surface area contributed by atoms with Crippen molar-refractivity contribution in [2.45, 2.75) is 9.79 Å². The van der Waals surface area contributed by atoms with Crippen molar-refractivity contribution in [3.8, 4) is 11.3 Å². The van der Waals surface area contributed by atoms with Crippen LogP contribution >= 0.6 is 0 Å². The maximum absolute atomic E-state index is 12.7. The van der Waals surface area contributed by atoms with Crippen molar-refractivity contribution in [3.63, 3.8) is 0 Å². The van der Waals surface area contributed by atoms with Gasteiger partial charge in [-0.25, -0.2) is 26.8 Å².